The third-order valence-corrected chi connectivity index (χ3v) is 2.07. The fourth-order valence-electron chi connectivity index (χ4n) is 1.34. The number of anilines is 1. The smallest absolute Gasteiger partial charge is 0.163 e. The van der Waals surface area contributed by atoms with Crippen molar-refractivity contribution in [1.82, 2.24) is 4.98 Å². The number of pyridine rings is 1. The van der Waals surface area contributed by atoms with Crippen molar-refractivity contribution in [3.63, 3.8) is 0 Å². The minimum Gasteiger partial charge on any atom is -0.371 e. The van der Waals surface area contributed by atoms with Crippen LogP contribution in [-0.2, 0) is 0 Å². The summed E-state index contributed by atoms with van der Waals surface area (Å²) in [7, 11) is 1.85. The van der Waals surface area contributed by atoms with Crippen molar-refractivity contribution in [3.05, 3.63) is 24.0 Å². The number of hydrogen-bond acceptors (Lipinski definition) is 4. The first-order valence-corrected chi connectivity index (χ1v) is 4.65. The Labute approximate surface area is 89.4 Å². The summed E-state index contributed by atoms with van der Waals surface area (Å²) in [6.07, 6.45) is 1.59. The maximum atomic E-state index is 8.85. The van der Waals surface area contributed by atoms with Gasteiger partial charge in [0.15, 0.2) is 5.69 Å². The van der Waals surface area contributed by atoms with Gasteiger partial charge in [-0.25, -0.2) is 4.98 Å². The Morgan fingerprint density at radius 3 is 2.87 bits per heavy atom. The van der Waals surface area contributed by atoms with E-state index in [0.29, 0.717) is 12.2 Å². The van der Waals surface area contributed by atoms with Gasteiger partial charge in [-0.1, -0.05) is 0 Å². The third-order valence-electron chi connectivity index (χ3n) is 2.07. The first-order valence-electron chi connectivity index (χ1n) is 4.65. The summed E-state index contributed by atoms with van der Waals surface area (Å²) < 4.78 is 0. The molecule has 1 unspecified atom stereocenters. The van der Waals surface area contributed by atoms with E-state index in [1.54, 1.807) is 12.3 Å². The van der Waals surface area contributed by atoms with E-state index in [1.165, 1.54) is 0 Å². The molecule has 0 spiro atoms. The van der Waals surface area contributed by atoms with Crippen LogP contribution in [0.15, 0.2) is 18.3 Å². The lowest BCUT2D eigenvalue weighted by molar-refractivity contribution is 0.715. The molecule has 4 nitrogen and oxygen atoms in total. The van der Waals surface area contributed by atoms with Crippen LogP contribution in [0.4, 0.5) is 5.69 Å². The van der Waals surface area contributed by atoms with E-state index < -0.39 is 0 Å². The van der Waals surface area contributed by atoms with Gasteiger partial charge in [0.25, 0.3) is 0 Å². The Balaban J connectivity index is 2.88. The predicted octanol–water partition coefficient (Wildman–Crippen LogP) is 1.55. The maximum Gasteiger partial charge on any atom is 0.163 e. The van der Waals surface area contributed by atoms with Crippen LogP contribution in [0.1, 0.15) is 12.6 Å². The van der Waals surface area contributed by atoms with Crippen molar-refractivity contribution < 1.29 is 0 Å². The summed E-state index contributed by atoms with van der Waals surface area (Å²) in [6, 6.07) is 7.80. The van der Waals surface area contributed by atoms with E-state index in [2.05, 4.69) is 11.1 Å². The van der Waals surface area contributed by atoms with Crippen LogP contribution in [0.5, 0.6) is 0 Å². The van der Waals surface area contributed by atoms with Gasteiger partial charge in [0, 0.05) is 19.8 Å². The van der Waals surface area contributed by atoms with Crippen LogP contribution in [-0.4, -0.2) is 18.6 Å². The molecule has 76 valence electrons. The molecule has 0 radical (unpaired) electrons. The molecule has 4 heteroatoms. The maximum absolute atomic E-state index is 8.85. The van der Waals surface area contributed by atoms with Gasteiger partial charge in [-0.05, 0) is 19.1 Å². The Morgan fingerprint density at radius 1 is 1.53 bits per heavy atom. The Hall–Kier alpha value is -2.07. The van der Waals surface area contributed by atoms with Gasteiger partial charge < -0.3 is 4.90 Å². The molecule has 0 aliphatic carbocycles. The largest absolute Gasteiger partial charge is 0.371 e. The second kappa shape index (κ2) is 4.97. The average molecular weight is 200 g/mol. The molecular formula is C11H12N4. The molecule has 0 fully saturated rings. The Bertz CT molecular complexity index is 413. The summed E-state index contributed by atoms with van der Waals surface area (Å²) >= 11 is 0. The predicted molar refractivity (Wildman–Crippen MR) is 57.0 cm³/mol. The Morgan fingerprint density at radius 2 is 2.27 bits per heavy atom. The molecule has 0 bridgehead atoms. The molecule has 0 N–H and O–H groups in total. The zero-order chi connectivity index (χ0) is 11.3. The van der Waals surface area contributed by atoms with E-state index in [-0.39, 0.29) is 5.92 Å². The van der Waals surface area contributed by atoms with E-state index in [9.17, 15) is 0 Å². The molecule has 1 heterocycles. The van der Waals surface area contributed by atoms with Crippen molar-refractivity contribution in [2.75, 3.05) is 18.5 Å². The first kappa shape index (κ1) is 11.0. The van der Waals surface area contributed by atoms with E-state index >= 15 is 0 Å². The first-order chi connectivity index (χ1) is 7.19. The summed E-state index contributed by atoms with van der Waals surface area (Å²) in [4.78, 5) is 5.84. The monoisotopic (exact) mass is 200 g/mol. The van der Waals surface area contributed by atoms with Crippen molar-refractivity contribution in [1.29, 1.82) is 10.5 Å². The van der Waals surface area contributed by atoms with Gasteiger partial charge in [-0.3, -0.25) is 0 Å². The molecule has 0 saturated heterocycles. The van der Waals surface area contributed by atoms with Gasteiger partial charge in [0.2, 0.25) is 0 Å². The number of aromatic nitrogens is 1. The summed E-state index contributed by atoms with van der Waals surface area (Å²) in [5.41, 5.74) is 1.16. The minimum atomic E-state index is -0.0678. The average Bonchev–Trinajstić information content (AvgIpc) is 2.28. The highest BCUT2D eigenvalue weighted by atomic mass is 15.1. The molecular weight excluding hydrogens is 188 g/mol. The lowest BCUT2D eigenvalue weighted by Crippen LogP contribution is -2.24. The van der Waals surface area contributed by atoms with E-state index in [1.807, 2.05) is 31.0 Å². The number of nitrogens with zero attached hydrogens (tertiary/aromatic N) is 4. The summed E-state index contributed by atoms with van der Waals surface area (Å²) in [5, 5.41) is 17.6. The lowest BCUT2D eigenvalue weighted by atomic mass is 10.2. The number of nitriles is 2. The fraction of sp³-hybridized carbons (Fsp3) is 0.364. The third kappa shape index (κ3) is 2.69. The molecule has 0 amide bonds. The van der Waals surface area contributed by atoms with Gasteiger partial charge in [-0.15, -0.1) is 0 Å². The standard InChI is InChI=1S/C11H12N4/c1-9(6-12)8-15(2)11-4-3-5-14-10(11)7-13/h3-5,9H,8H2,1-2H3. The molecule has 1 atom stereocenters. The van der Waals surface area contributed by atoms with Crippen LogP contribution in [0.3, 0.4) is 0 Å². The molecule has 1 rings (SSSR count). The topological polar surface area (TPSA) is 63.7 Å². The van der Waals surface area contributed by atoms with Crippen molar-refractivity contribution in [2.24, 2.45) is 5.92 Å². The van der Waals surface area contributed by atoms with E-state index in [0.717, 1.165) is 5.69 Å². The number of hydrogen-bond donors (Lipinski definition) is 0. The highest BCUT2D eigenvalue weighted by molar-refractivity contribution is 5.55. The van der Waals surface area contributed by atoms with Crippen molar-refractivity contribution in [2.45, 2.75) is 6.92 Å². The van der Waals surface area contributed by atoms with E-state index in [4.69, 9.17) is 10.5 Å². The minimum absolute atomic E-state index is 0.0678. The molecule has 1 aromatic heterocycles. The summed E-state index contributed by atoms with van der Waals surface area (Å²) in [5.74, 6) is -0.0678. The van der Waals surface area contributed by atoms with Crippen LogP contribution in [0.25, 0.3) is 0 Å². The van der Waals surface area contributed by atoms with Gasteiger partial charge in [-0.2, -0.15) is 10.5 Å². The normalized spacial score (nSPS) is 11.2. The molecule has 0 aromatic carbocycles. The molecule has 0 aliphatic rings. The molecule has 0 saturated carbocycles. The second-order valence-corrected chi connectivity index (χ2v) is 3.39. The summed E-state index contributed by atoms with van der Waals surface area (Å²) in [6.45, 7) is 2.44. The van der Waals surface area contributed by atoms with Crippen LogP contribution >= 0.6 is 0 Å². The van der Waals surface area contributed by atoms with Crippen molar-refractivity contribution in [3.8, 4) is 12.1 Å². The van der Waals surface area contributed by atoms with Crippen LogP contribution < -0.4 is 4.90 Å². The molecule has 1 aromatic rings. The van der Waals surface area contributed by atoms with Gasteiger partial charge >= 0.3 is 0 Å². The SMILES string of the molecule is CC(C#N)CN(C)c1cccnc1C#N. The second-order valence-electron chi connectivity index (χ2n) is 3.39. The van der Waals surface area contributed by atoms with Crippen LogP contribution in [0.2, 0.25) is 0 Å². The number of rotatable bonds is 3. The Kier molecular flexibility index (Phi) is 3.65. The highest BCUT2D eigenvalue weighted by Gasteiger charge is 2.10. The van der Waals surface area contributed by atoms with Gasteiger partial charge in [0.1, 0.15) is 6.07 Å². The molecule has 15 heavy (non-hydrogen) atoms. The fourth-order valence-corrected chi connectivity index (χ4v) is 1.34. The quantitative estimate of drug-likeness (QED) is 0.742. The zero-order valence-electron chi connectivity index (χ0n) is 8.81. The van der Waals surface area contributed by atoms with Gasteiger partial charge in [0.05, 0.1) is 17.7 Å². The lowest BCUT2D eigenvalue weighted by Gasteiger charge is -2.20. The van der Waals surface area contributed by atoms with Crippen LogP contribution in [0, 0.1) is 28.6 Å². The molecule has 0 aliphatic heterocycles. The highest BCUT2D eigenvalue weighted by Crippen LogP contribution is 2.16. The zero-order valence-corrected chi connectivity index (χ0v) is 8.81. The van der Waals surface area contributed by atoms with Crippen molar-refractivity contribution >= 4 is 5.69 Å².